The van der Waals surface area contributed by atoms with Gasteiger partial charge in [-0.3, -0.25) is 4.79 Å². The van der Waals surface area contributed by atoms with Gasteiger partial charge in [-0.1, -0.05) is 20.8 Å². The van der Waals surface area contributed by atoms with Crippen LogP contribution >= 0.6 is 0 Å². The summed E-state index contributed by atoms with van der Waals surface area (Å²) in [6.45, 7) is 6.19. The molecule has 0 aliphatic rings. The predicted molar refractivity (Wildman–Crippen MR) is 50.3 cm³/mol. The van der Waals surface area contributed by atoms with Gasteiger partial charge < -0.3 is 9.53 Å². The van der Waals surface area contributed by atoms with Crippen molar-refractivity contribution in [2.24, 2.45) is 11.8 Å². The van der Waals surface area contributed by atoms with Crippen LogP contribution in [-0.4, -0.2) is 18.9 Å². The van der Waals surface area contributed by atoms with Crippen molar-refractivity contribution in [3.8, 4) is 0 Å². The molecule has 1 unspecified atom stereocenters. The third-order valence-corrected chi connectivity index (χ3v) is 1.71. The molecule has 0 saturated heterocycles. The van der Waals surface area contributed by atoms with Crippen molar-refractivity contribution in [1.82, 2.24) is 0 Å². The fourth-order valence-electron chi connectivity index (χ4n) is 1.15. The van der Waals surface area contributed by atoms with Crippen LogP contribution in [0.15, 0.2) is 0 Å². The van der Waals surface area contributed by atoms with Crippen molar-refractivity contribution in [3.05, 3.63) is 0 Å². The Morgan fingerprint density at radius 2 is 2.00 bits per heavy atom. The van der Waals surface area contributed by atoms with Gasteiger partial charge in [0.2, 0.25) is 0 Å². The monoisotopic (exact) mass is 186 g/mol. The second-order valence-corrected chi connectivity index (χ2v) is 3.65. The first-order valence-electron chi connectivity index (χ1n) is 4.68. The van der Waals surface area contributed by atoms with E-state index < -0.39 is 0 Å². The molecular weight excluding hydrogens is 168 g/mol. The van der Waals surface area contributed by atoms with E-state index in [2.05, 4.69) is 13.8 Å². The Balaban J connectivity index is 3.62. The van der Waals surface area contributed by atoms with Crippen LogP contribution in [0, 0.1) is 11.8 Å². The van der Waals surface area contributed by atoms with Gasteiger partial charge in [0.05, 0.1) is 12.5 Å². The molecule has 0 amide bonds. The van der Waals surface area contributed by atoms with Crippen LogP contribution in [0.1, 0.15) is 33.6 Å². The summed E-state index contributed by atoms with van der Waals surface area (Å²) in [5.41, 5.74) is 0. The molecule has 0 aromatic carbocycles. The summed E-state index contributed by atoms with van der Waals surface area (Å²) in [5.74, 6) is 0.232. The van der Waals surface area contributed by atoms with E-state index in [1.165, 1.54) is 0 Å². The second kappa shape index (κ2) is 6.63. The molecule has 0 saturated carbocycles. The maximum Gasteiger partial charge on any atom is 0.308 e. The molecular formula is C10H18O3. The van der Waals surface area contributed by atoms with Crippen LogP contribution in [0.25, 0.3) is 0 Å². The van der Waals surface area contributed by atoms with Crippen LogP contribution in [0.3, 0.4) is 0 Å². The highest BCUT2D eigenvalue weighted by atomic mass is 16.5. The fourth-order valence-corrected chi connectivity index (χ4v) is 1.15. The highest BCUT2D eigenvalue weighted by molar-refractivity contribution is 5.72. The predicted octanol–water partition coefficient (Wildman–Crippen LogP) is 1.80. The molecule has 0 rings (SSSR count). The quantitative estimate of drug-likeness (QED) is 0.361. The number of esters is 1. The fraction of sp³-hybridized carbons (Fsp3) is 0.800. The lowest BCUT2D eigenvalue weighted by atomic mass is 9.99. The average Bonchev–Trinajstić information content (AvgIpc) is 2.03. The molecule has 0 radical (unpaired) electrons. The van der Waals surface area contributed by atoms with Gasteiger partial charge in [0, 0.05) is 6.42 Å². The van der Waals surface area contributed by atoms with Crippen molar-refractivity contribution in [2.45, 2.75) is 33.6 Å². The number of aldehydes is 1. The van der Waals surface area contributed by atoms with Crippen LogP contribution in [-0.2, 0) is 14.3 Å². The largest absolute Gasteiger partial charge is 0.465 e. The van der Waals surface area contributed by atoms with Gasteiger partial charge in [-0.25, -0.2) is 0 Å². The Morgan fingerprint density at radius 3 is 2.46 bits per heavy atom. The highest BCUT2D eigenvalue weighted by Gasteiger charge is 2.15. The standard InChI is InChI=1S/C10H18O3/c1-8(2)7-9(3)10(12)13-6-4-5-11/h5,8-9H,4,6-7H2,1-3H3. The summed E-state index contributed by atoms with van der Waals surface area (Å²) >= 11 is 0. The molecule has 76 valence electrons. The molecule has 0 aliphatic heterocycles. The Kier molecular flexibility index (Phi) is 6.20. The number of hydrogen-bond acceptors (Lipinski definition) is 3. The molecule has 3 heteroatoms. The van der Waals surface area contributed by atoms with Crippen LogP contribution in [0.4, 0.5) is 0 Å². The zero-order valence-electron chi connectivity index (χ0n) is 8.58. The third kappa shape index (κ3) is 6.31. The molecule has 0 aromatic rings. The zero-order chi connectivity index (χ0) is 10.3. The average molecular weight is 186 g/mol. The SMILES string of the molecule is CC(C)CC(C)C(=O)OCCC=O. The Hall–Kier alpha value is -0.860. The Bertz CT molecular complexity index is 164. The Morgan fingerprint density at radius 1 is 1.38 bits per heavy atom. The highest BCUT2D eigenvalue weighted by Crippen LogP contribution is 2.12. The van der Waals surface area contributed by atoms with E-state index in [0.717, 1.165) is 12.7 Å². The van der Waals surface area contributed by atoms with Crippen LogP contribution in [0.2, 0.25) is 0 Å². The van der Waals surface area contributed by atoms with E-state index in [1.807, 2.05) is 6.92 Å². The third-order valence-electron chi connectivity index (χ3n) is 1.71. The summed E-state index contributed by atoms with van der Waals surface area (Å²) in [6.07, 6.45) is 1.88. The van der Waals surface area contributed by atoms with E-state index in [4.69, 9.17) is 4.74 Å². The number of ether oxygens (including phenoxy) is 1. The summed E-state index contributed by atoms with van der Waals surface area (Å²) < 4.78 is 4.87. The first-order chi connectivity index (χ1) is 6.07. The van der Waals surface area contributed by atoms with E-state index in [-0.39, 0.29) is 18.5 Å². The molecule has 0 aliphatic carbocycles. The minimum Gasteiger partial charge on any atom is -0.465 e. The topological polar surface area (TPSA) is 43.4 Å². The molecule has 13 heavy (non-hydrogen) atoms. The van der Waals surface area contributed by atoms with Gasteiger partial charge in [0.1, 0.15) is 6.29 Å². The Labute approximate surface area is 79.5 Å². The number of carbonyl (C=O) groups excluding carboxylic acids is 2. The van der Waals surface area contributed by atoms with Crippen molar-refractivity contribution >= 4 is 12.3 Å². The zero-order valence-corrected chi connectivity index (χ0v) is 8.58. The number of rotatable bonds is 6. The molecule has 0 spiro atoms. The lowest BCUT2D eigenvalue weighted by molar-refractivity contribution is -0.148. The smallest absolute Gasteiger partial charge is 0.308 e. The molecule has 1 atom stereocenters. The van der Waals surface area contributed by atoms with Crippen molar-refractivity contribution in [2.75, 3.05) is 6.61 Å². The number of carbonyl (C=O) groups is 2. The molecule has 0 aromatic heterocycles. The van der Waals surface area contributed by atoms with Crippen LogP contribution < -0.4 is 0 Å². The molecule has 0 bridgehead atoms. The lowest BCUT2D eigenvalue weighted by Crippen LogP contribution is -2.17. The van der Waals surface area contributed by atoms with Gasteiger partial charge >= 0.3 is 5.97 Å². The van der Waals surface area contributed by atoms with E-state index >= 15 is 0 Å². The second-order valence-electron chi connectivity index (χ2n) is 3.65. The minimum atomic E-state index is -0.199. The maximum absolute atomic E-state index is 11.2. The van der Waals surface area contributed by atoms with Gasteiger partial charge in [0.25, 0.3) is 0 Å². The molecule has 0 heterocycles. The lowest BCUT2D eigenvalue weighted by Gasteiger charge is -2.12. The van der Waals surface area contributed by atoms with E-state index in [9.17, 15) is 9.59 Å². The molecule has 3 nitrogen and oxygen atoms in total. The molecule has 0 N–H and O–H groups in total. The van der Waals surface area contributed by atoms with Crippen molar-refractivity contribution in [1.29, 1.82) is 0 Å². The summed E-state index contributed by atoms with van der Waals surface area (Å²) in [4.78, 5) is 21.2. The van der Waals surface area contributed by atoms with Gasteiger partial charge in [-0.2, -0.15) is 0 Å². The van der Waals surface area contributed by atoms with Crippen LogP contribution in [0.5, 0.6) is 0 Å². The van der Waals surface area contributed by atoms with Gasteiger partial charge in [0.15, 0.2) is 0 Å². The summed E-state index contributed by atoms with van der Waals surface area (Å²) in [6, 6.07) is 0. The summed E-state index contributed by atoms with van der Waals surface area (Å²) in [5, 5.41) is 0. The van der Waals surface area contributed by atoms with E-state index in [1.54, 1.807) is 0 Å². The van der Waals surface area contributed by atoms with Gasteiger partial charge in [-0.15, -0.1) is 0 Å². The normalized spacial score (nSPS) is 12.6. The number of hydrogen-bond donors (Lipinski definition) is 0. The molecule has 0 fully saturated rings. The first kappa shape index (κ1) is 12.1. The van der Waals surface area contributed by atoms with E-state index in [0.29, 0.717) is 12.3 Å². The maximum atomic E-state index is 11.2. The summed E-state index contributed by atoms with van der Waals surface area (Å²) in [7, 11) is 0. The van der Waals surface area contributed by atoms with Gasteiger partial charge in [-0.05, 0) is 12.3 Å². The van der Waals surface area contributed by atoms with Crippen molar-refractivity contribution in [3.63, 3.8) is 0 Å². The first-order valence-corrected chi connectivity index (χ1v) is 4.68. The minimum absolute atomic E-state index is 0.0633. The van der Waals surface area contributed by atoms with Crippen molar-refractivity contribution < 1.29 is 14.3 Å².